The molecular weight excluding hydrogens is 434 g/mol. The maximum absolute atomic E-state index is 13.4. The summed E-state index contributed by atoms with van der Waals surface area (Å²) in [4.78, 5) is 15.1. The van der Waals surface area contributed by atoms with Gasteiger partial charge in [0.25, 0.3) is 0 Å². The van der Waals surface area contributed by atoms with Crippen molar-refractivity contribution < 1.29 is 9.53 Å². The first-order chi connectivity index (χ1) is 15.9. The Hall–Kier alpha value is -3.57. The monoisotopic (exact) mass is 459 g/mol. The second-order valence-corrected chi connectivity index (χ2v) is 9.19. The van der Waals surface area contributed by atoms with Crippen LogP contribution < -0.4 is 9.64 Å². The number of hydrogen-bond donors (Lipinski definition) is 0. The van der Waals surface area contributed by atoms with Gasteiger partial charge in [-0.05, 0) is 56.7 Å². The van der Waals surface area contributed by atoms with Gasteiger partial charge in [-0.25, -0.2) is 0 Å². The molecular formula is C25H25N5O2S. The Kier molecular flexibility index (Phi) is 6.52. The molecule has 0 aliphatic carbocycles. The van der Waals surface area contributed by atoms with E-state index < -0.39 is 5.25 Å². The molecule has 2 aromatic heterocycles. The highest BCUT2D eigenvalue weighted by Crippen LogP contribution is 2.31. The molecule has 4 rings (SSSR count). The topological polar surface area (TPSA) is 83.5 Å². The maximum atomic E-state index is 13.4. The van der Waals surface area contributed by atoms with E-state index >= 15 is 0 Å². The molecule has 2 aromatic carbocycles. The Bertz CT molecular complexity index is 1360. The zero-order valence-electron chi connectivity index (χ0n) is 19.1. The summed E-state index contributed by atoms with van der Waals surface area (Å²) in [6.45, 7) is 6.24. The first-order valence-corrected chi connectivity index (χ1v) is 11.5. The van der Waals surface area contributed by atoms with Gasteiger partial charge < -0.3 is 9.64 Å². The van der Waals surface area contributed by atoms with Crippen LogP contribution in [0, 0.1) is 25.2 Å². The summed E-state index contributed by atoms with van der Waals surface area (Å²) >= 11 is 1.36. The lowest BCUT2D eigenvalue weighted by molar-refractivity contribution is -0.117. The number of rotatable bonds is 7. The van der Waals surface area contributed by atoms with Crippen LogP contribution in [0.4, 0.5) is 5.69 Å². The van der Waals surface area contributed by atoms with E-state index in [9.17, 15) is 4.79 Å². The van der Waals surface area contributed by atoms with Crippen LogP contribution in [0.1, 0.15) is 24.5 Å². The molecule has 0 aliphatic rings. The van der Waals surface area contributed by atoms with Gasteiger partial charge in [0.05, 0.1) is 30.4 Å². The summed E-state index contributed by atoms with van der Waals surface area (Å²) in [7, 11) is 1.64. The van der Waals surface area contributed by atoms with E-state index in [0.29, 0.717) is 11.7 Å². The largest absolute Gasteiger partial charge is 0.497 e. The summed E-state index contributed by atoms with van der Waals surface area (Å²) < 4.78 is 7.39. The minimum atomic E-state index is -0.431. The Morgan fingerprint density at radius 3 is 2.64 bits per heavy atom. The van der Waals surface area contributed by atoms with Crippen molar-refractivity contribution in [1.29, 1.82) is 5.26 Å². The highest BCUT2D eigenvalue weighted by molar-refractivity contribution is 8.00. The number of carbonyl (C=O) groups excluding carboxylic acids is 1. The lowest BCUT2D eigenvalue weighted by Gasteiger charge is -2.25. The zero-order valence-corrected chi connectivity index (χ0v) is 19.9. The van der Waals surface area contributed by atoms with Crippen molar-refractivity contribution >= 4 is 39.9 Å². The summed E-state index contributed by atoms with van der Waals surface area (Å²) in [6, 6.07) is 17.8. The van der Waals surface area contributed by atoms with Crippen molar-refractivity contribution in [2.24, 2.45) is 0 Å². The molecule has 0 spiro atoms. The van der Waals surface area contributed by atoms with E-state index in [1.807, 2.05) is 73.7 Å². The van der Waals surface area contributed by atoms with Crippen LogP contribution in [0.3, 0.4) is 0 Å². The maximum Gasteiger partial charge on any atom is 0.240 e. The van der Waals surface area contributed by atoms with Gasteiger partial charge in [0, 0.05) is 23.7 Å². The quantitative estimate of drug-likeness (QED) is 0.364. The Morgan fingerprint density at radius 1 is 1.18 bits per heavy atom. The molecule has 4 aromatic rings. The van der Waals surface area contributed by atoms with Gasteiger partial charge in [-0.1, -0.05) is 29.5 Å². The predicted octanol–water partition coefficient (Wildman–Crippen LogP) is 4.94. The molecule has 0 N–H and O–H groups in total. The molecule has 0 saturated heterocycles. The van der Waals surface area contributed by atoms with Crippen LogP contribution in [0.15, 0.2) is 53.7 Å². The minimum Gasteiger partial charge on any atom is -0.497 e. The summed E-state index contributed by atoms with van der Waals surface area (Å²) in [5.74, 6) is 0.662. The molecule has 8 heteroatoms. The van der Waals surface area contributed by atoms with Gasteiger partial charge in [0.1, 0.15) is 5.75 Å². The van der Waals surface area contributed by atoms with Crippen molar-refractivity contribution in [1.82, 2.24) is 14.6 Å². The van der Waals surface area contributed by atoms with Crippen molar-refractivity contribution in [3.8, 4) is 11.8 Å². The third kappa shape index (κ3) is 4.50. The molecule has 0 bridgehead atoms. The van der Waals surface area contributed by atoms with Crippen molar-refractivity contribution in [3.05, 3.63) is 59.7 Å². The number of methoxy groups -OCH3 is 1. The number of nitrogens with zero attached hydrogens (tertiary/aromatic N) is 5. The van der Waals surface area contributed by atoms with E-state index in [0.717, 1.165) is 39.1 Å². The second kappa shape index (κ2) is 9.51. The number of thioether (sulfide) groups is 1. The number of aromatic nitrogens is 3. The third-order valence-electron chi connectivity index (χ3n) is 5.56. The molecule has 1 amide bonds. The van der Waals surface area contributed by atoms with Crippen LogP contribution >= 0.6 is 11.8 Å². The average molecular weight is 460 g/mol. The number of amides is 1. The highest BCUT2D eigenvalue weighted by Gasteiger charge is 2.25. The van der Waals surface area contributed by atoms with Crippen molar-refractivity contribution in [2.75, 3.05) is 18.6 Å². The van der Waals surface area contributed by atoms with Gasteiger partial charge in [-0.3, -0.25) is 9.20 Å². The standard InChI is InChI=1S/C25H25N5O2S/c1-16-6-8-19(9-7-16)29(13-5-12-26)24(31)18(3)33-25-28-27-23-14-17(2)21-11-10-20(32-4)15-22(21)30(23)25/h6-11,14-15,18H,5,13H2,1-4H3. The van der Waals surface area contributed by atoms with Crippen molar-refractivity contribution in [2.45, 2.75) is 37.6 Å². The number of aryl methyl sites for hydroxylation is 2. The van der Waals surface area contributed by atoms with Gasteiger partial charge in [-0.15, -0.1) is 10.2 Å². The predicted molar refractivity (Wildman–Crippen MR) is 131 cm³/mol. The van der Waals surface area contributed by atoms with E-state index in [2.05, 4.69) is 16.3 Å². The fraction of sp³-hybridized carbons (Fsp3) is 0.280. The summed E-state index contributed by atoms with van der Waals surface area (Å²) in [5, 5.41) is 19.1. The average Bonchev–Trinajstić information content (AvgIpc) is 3.22. The Morgan fingerprint density at radius 2 is 1.94 bits per heavy atom. The Labute approximate surface area is 197 Å². The third-order valence-corrected chi connectivity index (χ3v) is 6.59. The molecule has 1 unspecified atom stereocenters. The van der Waals surface area contributed by atoms with Gasteiger partial charge >= 0.3 is 0 Å². The normalized spacial score (nSPS) is 12.0. The smallest absolute Gasteiger partial charge is 0.240 e. The molecule has 1 atom stereocenters. The van der Waals surface area contributed by atoms with Gasteiger partial charge in [-0.2, -0.15) is 5.26 Å². The number of pyridine rings is 1. The van der Waals surface area contributed by atoms with Crippen LogP contribution in [-0.2, 0) is 4.79 Å². The number of benzene rings is 2. The number of ether oxygens (including phenoxy) is 1. The molecule has 7 nitrogen and oxygen atoms in total. The SMILES string of the molecule is COc1ccc2c(C)cc3nnc(SC(C)C(=O)N(CCC#N)c4ccc(C)cc4)n3c2c1. The van der Waals surface area contributed by atoms with Crippen molar-refractivity contribution in [3.63, 3.8) is 0 Å². The van der Waals surface area contributed by atoms with Crippen LogP contribution in [-0.4, -0.2) is 39.4 Å². The molecule has 2 heterocycles. The molecule has 0 radical (unpaired) electrons. The molecule has 33 heavy (non-hydrogen) atoms. The number of fused-ring (bicyclic) bond motifs is 3. The fourth-order valence-corrected chi connectivity index (χ4v) is 4.72. The molecule has 0 fully saturated rings. The second-order valence-electron chi connectivity index (χ2n) is 7.88. The van der Waals surface area contributed by atoms with Crippen LogP contribution in [0.2, 0.25) is 0 Å². The summed E-state index contributed by atoms with van der Waals surface area (Å²) in [5.41, 5.74) is 4.63. The van der Waals surface area contributed by atoms with Gasteiger partial charge in [0.15, 0.2) is 10.8 Å². The first kappa shape index (κ1) is 22.6. The molecule has 0 aliphatic heterocycles. The number of nitriles is 1. The van der Waals surface area contributed by atoms with E-state index in [-0.39, 0.29) is 12.3 Å². The number of anilines is 1. The van der Waals surface area contributed by atoms with Crippen LogP contribution in [0.5, 0.6) is 5.75 Å². The Balaban J connectivity index is 1.69. The lowest BCUT2D eigenvalue weighted by atomic mass is 10.1. The van der Waals surface area contributed by atoms with Gasteiger partial charge in [0.2, 0.25) is 5.91 Å². The summed E-state index contributed by atoms with van der Waals surface area (Å²) in [6.07, 6.45) is 0.259. The fourth-order valence-electron chi connectivity index (χ4n) is 3.79. The van der Waals surface area contributed by atoms with E-state index in [4.69, 9.17) is 10.00 Å². The zero-order chi connectivity index (χ0) is 23.5. The highest BCUT2D eigenvalue weighted by atomic mass is 32.2. The number of carbonyl (C=O) groups is 1. The molecule has 168 valence electrons. The van der Waals surface area contributed by atoms with Crippen LogP contribution in [0.25, 0.3) is 16.6 Å². The van der Waals surface area contributed by atoms with E-state index in [1.165, 1.54) is 11.8 Å². The molecule has 0 saturated carbocycles. The lowest BCUT2D eigenvalue weighted by Crippen LogP contribution is -2.37. The minimum absolute atomic E-state index is 0.0788. The first-order valence-electron chi connectivity index (χ1n) is 10.7. The van der Waals surface area contributed by atoms with E-state index in [1.54, 1.807) is 12.0 Å². The number of hydrogen-bond acceptors (Lipinski definition) is 6.